The number of nitrogens with zero attached hydrogens (tertiary/aromatic N) is 8. The van der Waals surface area contributed by atoms with Gasteiger partial charge in [0, 0.05) is 65.3 Å². The number of benzene rings is 2. The summed E-state index contributed by atoms with van der Waals surface area (Å²) in [6.07, 6.45) is 13.8. The summed E-state index contributed by atoms with van der Waals surface area (Å²) >= 11 is 0. The molecule has 4 heterocycles. The highest BCUT2D eigenvalue weighted by atomic mass is 16.5. The van der Waals surface area contributed by atoms with Crippen molar-refractivity contribution in [3.8, 4) is 0 Å². The Morgan fingerprint density at radius 1 is 0.556 bits per heavy atom. The summed E-state index contributed by atoms with van der Waals surface area (Å²) in [5.41, 5.74) is 5.83. The Labute approximate surface area is 370 Å². The Bertz CT molecular complexity index is 2250. The lowest BCUT2D eigenvalue weighted by molar-refractivity contribution is -0.139. The predicted molar refractivity (Wildman–Crippen MR) is 245 cm³/mol. The number of aryl methyl sites for hydroxylation is 4. The van der Waals surface area contributed by atoms with Crippen molar-refractivity contribution < 1.29 is 23.9 Å². The molecule has 6 rings (SSSR count). The zero-order chi connectivity index (χ0) is 44.6. The van der Waals surface area contributed by atoms with Gasteiger partial charge in [0.1, 0.15) is 22.7 Å². The number of rotatable bonds is 26. The molecule has 0 aliphatic heterocycles. The summed E-state index contributed by atoms with van der Waals surface area (Å²) in [7, 11) is 3.43. The van der Waals surface area contributed by atoms with Crippen LogP contribution in [0.3, 0.4) is 0 Å². The smallest absolute Gasteiger partial charge is 0.222 e. The molecule has 2 aromatic carbocycles. The molecule has 0 fully saturated rings. The molecule has 13 heteroatoms. The van der Waals surface area contributed by atoms with E-state index in [1.165, 1.54) is 0 Å². The zero-order valence-corrected chi connectivity index (χ0v) is 37.3. The molecular weight excluding hydrogens is 793 g/mol. The average Bonchev–Trinajstić information content (AvgIpc) is 3.80. The highest BCUT2D eigenvalue weighted by molar-refractivity contribution is 5.90. The Kier molecular flexibility index (Phi) is 17.2. The largest absolute Gasteiger partial charge is 0.381 e. The topological polar surface area (TPSA) is 145 Å². The van der Waals surface area contributed by atoms with Crippen LogP contribution in [0.4, 0.5) is 0 Å². The fourth-order valence-corrected chi connectivity index (χ4v) is 8.30. The van der Waals surface area contributed by atoms with E-state index in [2.05, 4.69) is 29.1 Å². The van der Waals surface area contributed by atoms with Gasteiger partial charge >= 0.3 is 0 Å². The Morgan fingerprint density at radius 3 is 1.38 bits per heavy atom. The van der Waals surface area contributed by atoms with Gasteiger partial charge in [-0.05, 0) is 75.6 Å². The number of hydrogen-bond acceptors (Lipinski definition) is 9. The number of fused-ring (bicyclic) bond motifs is 2. The predicted octanol–water partition coefficient (Wildman–Crippen LogP) is 7.69. The maximum atomic E-state index is 13.8. The second-order valence-electron chi connectivity index (χ2n) is 16.4. The molecule has 4 aromatic heterocycles. The fourth-order valence-electron chi connectivity index (χ4n) is 8.30. The quantitative estimate of drug-likeness (QED) is 0.0502. The van der Waals surface area contributed by atoms with Crippen LogP contribution in [0.2, 0.25) is 0 Å². The summed E-state index contributed by atoms with van der Waals surface area (Å²) in [6.45, 7) is 5.86. The second kappa shape index (κ2) is 23.4. The molecule has 0 radical (unpaired) electrons. The maximum Gasteiger partial charge on any atom is 0.222 e. The number of carbonyl (C=O) groups excluding carboxylic acids is 4. The molecule has 6 aromatic rings. The first-order chi connectivity index (χ1) is 30.6. The molecule has 2 atom stereocenters. The van der Waals surface area contributed by atoms with Crippen LogP contribution in [0.25, 0.3) is 22.1 Å². The van der Waals surface area contributed by atoms with Gasteiger partial charge in [-0.2, -0.15) is 0 Å². The standard InChI is InChI=1S/C50H62N8O5/c1-37-53-41-35-51-27-23-43(41)57(37)29-15-7-13-21-49(61)55(3)45(33-39-17-9-5-10-18-39)47(59)25-31-63-32-26-48(60)46(34-40-19-11-6-12-20-40)56(4)50(62)22-14-8-16-30-58-38(2)54-42-36-52-28-24-44(42)58/h5-6,9-12,17-20,23-24,27-28,35-36,45-46H,7-8,13-16,21-22,25-26,29-34H2,1-4H3/t45-,46-/m0/s1. The number of Topliss-reactive ketones (excluding diaryl/α,β-unsaturated/α-hetero) is 2. The molecule has 0 saturated carbocycles. The van der Waals surface area contributed by atoms with E-state index in [4.69, 9.17) is 4.74 Å². The summed E-state index contributed by atoms with van der Waals surface area (Å²) in [6, 6.07) is 22.1. The minimum Gasteiger partial charge on any atom is -0.381 e. The minimum atomic E-state index is -0.638. The van der Waals surface area contributed by atoms with Crippen molar-refractivity contribution >= 4 is 45.4 Å². The summed E-state index contributed by atoms with van der Waals surface area (Å²) < 4.78 is 10.3. The Hall–Kier alpha value is -6.08. The molecule has 2 amide bonds. The van der Waals surface area contributed by atoms with E-state index in [0.717, 1.165) is 96.5 Å². The third-order valence-electron chi connectivity index (χ3n) is 12.0. The first kappa shape index (κ1) is 46.4. The van der Waals surface area contributed by atoms with Crippen LogP contribution in [-0.4, -0.2) is 102 Å². The van der Waals surface area contributed by atoms with Crippen LogP contribution in [0.15, 0.2) is 97.6 Å². The summed E-state index contributed by atoms with van der Waals surface area (Å²) in [5.74, 6) is 1.59. The number of unbranched alkanes of at least 4 members (excludes halogenated alkanes) is 4. The summed E-state index contributed by atoms with van der Waals surface area (Å²) in [5, 5.41) is 0. The van der Waals surface area contributed by atoms with E-state index in [9.17, 15) is 19.2 Å². The van der Waals surface area contributed by atoms with Gasteiger partial charge in [0.05, 0.1) is 48.7 Å². The fraction of sp³-hybridized carbons (Fsp3) is 0.440. The van der Waals surface area contributed by atoms with Gasteiger partial charge in [0.25, 0.3) is 0 Å². The number of ether oxygens (including phenoxy) is 1. The number of pyridine rings is 2. The normalized spacial score (nSPS) is 12.4. The van der Waals surface area contributed by atoms with E-state index in [-0.39, 0.29) is 49.4 Å². The lowest BCUT2D eigenvalue weighted by atomic mass is 9.98. The number of likely N-dealkylation sites (N-methyl/N-ethyl adjacent to an activating group) is 2. The van der Waals surface area contributed by atoms with Gasteiger partial charge in [-0.15, -0.1) is 0 Å². The van der Waals surface area contributed by atoms with Gasteiger partial charge in [0.15, 0.2) is 11.6 Å². The van der Waals surface area contributed by atoms with Crippen molar-refractivity contribution in [1.29, 1.82) is 0 Å². The number of hydrogen-bond donors (Lipinski definition) is 0. The molecule has 63 heavy (non-hydrogen) atoms. The molecule has 0 unspecified atom stereocenters. The van der Waals surface area contributed by atoms with Crippen molar-refractivity contribution in [2.24, 2.45) is 0 Å². The summed E-state index contributed by atoms with van der Waals surface area (Å²) in [4.78, 5) is 75.2. The first-order valence-electron chi connectivity index (χ1n) is 22.4. The molecule has 0 bridgehead atoms. The number of carbonyl (C=O) groups is 4. The number of imidazole rings is 2. The van der Waals surface area contributed by atoms with E-state index in [1.807, 2.05) is 86.6 Å². The van der Waals surface area contributed by atoms with Gasteiger partial charge in [-0.3, -0.25) is 29.1 Å². The first-order valence-corrected chi connectivity index (χ1v) is 22.4. The van der Waals surface area contributed by atoms with Crippen LogP contribution in [0.1, 0.15) is 87.0 Å². The molecule has 0 aliphatic carbocycles. The van der Waals surface area contributed by atoms with Crippen LogP contribution in [0.5, 0.6) is 0 Å². The molecule has 0 aliphatic rings. The third kappa shape index (κ3) is 13.0. The van der Waals surface area contributed by atoms with Crippen LogP contribution >= 0.6 is 0 Å². The van der Waals surface area contributed by atoms with Crippen molar-refractivity contribution in [1.82, 2.24) is 38.9 Å². The van der Waals surface area contributed by atoms with Gasteiger partial charge in [-0.1, -0.05) is 73.5 Å². The van der Waals surface area contributed by atoms with Gasteiger partial charge in [-0.25, -0.2) is 9.97 Å². The average molecular weight is 855 g/mol. The molecule has 0 N–H and O–H groups in total. The lowest BCUT2D eigenvalue weighted by Gasteiger charge is -2.28. The Balaban J connectivity index is 0.953. The van der Waals surface area contributed by atoms with Gasteiger partial charge < -0.3 is 23.7 Å². The van der Waals surface area contributed by atoms with Crippen molar-refractivity contribution in [3.63, 3.8) is 0 Å². The second-order valence-corrected chi connectivity index (χ2v) is 16.4. The van der Waals surface area contributed by atoms with Crippen LogP contribution in [-0.2, 0) is 49.8 Å². The highest BCUT2D eigenvalue weighted by Crippen LogP contribution is 2.20. The number of ketones is 2. The molecule has 13 nitrogen and oxygen atoms in total. The molecular formula is C50H62N8O5. The molecule has 0 saturated heterocycles. The lowest BCUT2D eigenvalue weighted by Crippen LogP contribution is -2.44. The number of amides is 2. The third-order valence-corrected chi connectivity index (χ3v) is 12.0. The van der Waals surface area contributed by atoms with E-state index >= 15 is 0 Å². The highest BCUT2D eigenvalue weighted by Gasteiger charge is 2.28. The molecule has 0 spiro atoms. The molecule has 332 valence electrons. The van der Waals surface area contributed by atoms with Crippen LogP contribution < -0.4 is 0 Å². The maximum absolute atomic E-state index is 13.8. The Morgan fingerprint density at radius 2 is 0.968 bits per heavy atom. The monoisotopic (exact) mass is 854 g/mol. The van der Waals surface area contributed by atoms with Crippen molar-refractivity contribution in [2.75, 3.05) is 27.3 Å². The zero-order valence-electron chi connectivity index (χ0n) is 37.3. The van der Waals surface area contributed by atoms with E-state index in [1.54, 1.807) is 48.7 Å². The van der Waals surface area contributed by atoms with Crippen molar-refractivity contribution in [3.05, 3.63) is 120 Å². The van der Waals surface area contributed by atoms with Crippen molar-refractivity contribution in [2.45, 2.75) is 116 Å². The SMILES string of the molecule is Cc1nc2cnccc2n1CCCCCC(=O)N(C)[C@@H](Cc1ccccc1)C(=O)CCOCCC(=O)[C@H](Cc1ccccc1)N(C)C(=O)CCCCCn1c(C)nc2cnccc21. The van der Waals surface area contributed by atoms with E-state index in [0.29, 0.717) is 25.7 Å². The van der Waals surface area contributed by atoms with Gasteiger partial charge in [0.2, 0.25) is 11.8 Å². The minimum absolute atomic E-state index is 0.0643. The van der Waals surface area contributed by atoms with E-state index < -0.39 is 12.1 Å². The number of aromatic nitrogens is 6. The van der Waals surface area contributed by atoms with Crippen LogP contribution in [0, 0.1) is 13.8 Å².